The number of carbonyl (C=O) groups is 1. The van der Waals surface area contributed by atoms with E-state index in [-0.39, 0.29) is 12.0 Å². The Labute approximate surface area is 138 Å². The molecule has 0 bridgehead atoms. The summed E-state index contributed by atoms with van der Waals surface area (Å²) in [5.74, 6) is -1.53. The van der Waals surface area contributed by atoms with Gasteiger partial charge >= 0.3 is 5.97 Å². The fourth-order valence-electron chi connectivity index (χ4n) is 2.80. The second-order valence-corrected chi connectivity index (χ2v) is 7.49. The number of rotatable bonds is 11. The molecule has 0 aliphatic carbocycles. The van der Waals surface area contributed by atoms with Crippen LogP contribution in [0.15, 0.2) is 30.3 Å². The van der Waals surface area contributed by atoms with Crippen molar-refractivity contribution in [3.05, 3.63) is 35.9 Å². The molecular formula is C17H26O5S. The highest BCUT2D eigenvalue weighted by Gasteiger charge is 2.51. The molecule has 0 spiro atoms. The van der Waals surface area contributed by atoms with Crippen molar-refractivity contribution in [1.82, 2.24) is 0 Å². The lowest BCUT2D eigenvalue weighted by Crippen LogP contribution is -2.43. The van der Waals surface area contributed by atoms with Gasteiger partial charge in [0.15, 0.2) is 0 Å². The third-order valence-electron chi connectivity index (χ3n) is 4.16. The maximum Gasteiger partial charge on any atom is 0.332 e. The van der Waals surface area contributed by atoms with Crippen molar-refractivity contribution < 1.29 is 22.9 Å². The third-order valence-corrected chi connectivity index (χ3v) is 5.65. The second kappa shape index (κ2) is 9.03. The molecule has 130 valence electrons. The van der Waals surface area contributed by atoms with Crippen molar-refractivity contribution >= 4 is 16.1 Å². The first-order valence-corrected chi connectivity index (χ1v) is 9.56. The Bertz CT molecular complexity index is 582. The Morgan fingerprint density at radius 2 is 1.52 bits per heavy atom. The molecule has 0 amide bonds. The molecule has 0 aliphatic heterocycles. The van der Waals surface area contributed by atoms with Crippen molar-refractivity contribution in [2.45, 2.75) is 63.0 Å². The van der Waals surface area contributed by atoms with Gasteiger partial charge in [-0.25, -0.2) is 0 Å². The molecule has 23 heavy (non-hydrogen) atoms. The van der Waals surface area contributed by atoms with E-state index >= 15 is 0 Å². The zero-order valence-corrected chi connectivity index (χ0v) is 14.4. The van der Waals surface area contributed by atoms with Crippen LogP contribution in [-0.2, 0) is 19.7 Å². The van der Waals surface area contributed by atoms with Crippen molar-refractivity contribution in [2.75, 3.05) is 0 Å². The number of carboxylic acid groups (broad SMARTS) is 1. The standard InChI is InChI=1S/C17H26O5S/c1-2-3-4-5-6-7-11-14-17(16(18)19,23(20,21)22)15-12-9-8-10-13-15/h8-10,12-13H,2-7,11,14H2,1H3,(H,18,19)(H,20,21,22). The van der Waals surface area contributed by atoms with Crippen molar-refractivity contribution in [2.24, 2.45) is 0 Å². The molecular weight excluding hydrogens is 316 g/mol. The quantitative estimate of drug-likeness (QED) is 0.468. The summed E-state index contributed by atoms with van der Waals surface area (Å²) in [6.45, 7) is 2.13. The summed E-state index contributed by atoms with van der Waals surface area (Å²) >= 11 is 0. The van der Waals surface area contributed by atoms with Gasteiger partial charge in [0.25, 0.3) is 10.1 Å². The van der Waals surface area contributed by atoms with E-state index in [9.17, 15) is 22.9 Å². The molecule has 0 aromatic heterocycles. The van der Waals surface area contributed by atoms with Crippen LogP contribution in [0, 0.1) is 0 Å². The van der Waals surface area contributed by atoms with E-state index in [4.69, 9.17) is 0 Å². The molecule has 0 aliphatic rings. The van der Waals surface area contributed by atoms with Crippen LogP contribution >= 0.6 is 0 Å². The Morgan fingerprint density at radius 1 is 1.00 bits per heavy atom. The van der Waals surface area contributed by atoms with Crippen LogP contribution < -0.4 is 0 Å². The summed E-state index contributed by atoms with van der Waals surface area (Å²) < 4.78 is 31.1. The lowest BCUT2D eigenvalue weighted by atomic mass is 9.92. The Morgan fingerprint density at radius 3 is 2.00 bits per heavy atom. The van der Waals surface area contributed by atoms with E-state index in [1.54, 1.807) is 18.2 Å². The van der Waals surface area contributed by atoms with E-state index in [2.05, 4.69) is 6.92 Å². The molecule has 1 aromatic carbocycles. The minimum Gasteiger partial charge on any atom is -0.480 e. The number of aliphatic carboxylic acids is 1. The van der Waals surface area contributed by atoms with Crippen LogP contribution in [0.1, 0.15) is 63.9 Å². The minimum atomic E-state index is -4.78. The monoisotopic (exact) mass is 342 g/mol. The van der Waals surface area contributed by atoms with E-state index in [0.717, 1.165) is 32.1 Å². The van der Waals surface area contributed by atoms with E-state index in [1.807, 2.05) is 0 Å². The average Bonchev–Trinajstić information content (AvgIpc) is 2.49. The van der Waals surface area contributed by atoms with Crippen LogP contribution in [0.25, 0.3) is 0 Å². The van der Waals surface area contributed by atoms with Crippen LogP contribution in [0.4, 0.5) is 0 Å². The third kappa shape index (κ3) is 5.04. The topological polar surface area (TPSA) is 91.7 Å². The first-order chi connectivity index (χ1) is 10.9. The van der Waals surface area contributed by atoms with Gasteiger partial charge in [0.05, 0.1) is 0 Å². The van der Waals surface area contributed by atoms with Crippen molar-refractivity contribution in [3.63, 3.8) is 0 Å². The average molecular weight is 342 g/mol. The summed E-state index contributed by atoms with van der Waals surface area (Å²) in [5.41, 5.74) is 0.0981. The van der Waals surface area contributed by atoms with Crippen molar-refractivity contribution in [1.29, 1.82) is 0 Å². The normalized spacial score (nSPS) is 14.3. The van der Waals surface area contributed by atoms with E-state index in [1.165, 1.54) is 18.6 Å². The fourth-order valence-corrected chi connectivity index (χ4v) is 3.86. The highest BCUT2D eigenvalue weighted by atomic mass is 32.2. The molecule has 1 rings (SSSR count). The zero-order valence-electron chi connectivity index (χ0n) is 13.6. The number of carboxylic acids is 1. The fraction of sp³-hybridized carbons (Fsp3) is 0.588. The summed E-state index contributed by atoms with van der Waals surface area (Å²) in [7, 11) is -4.78. The smallest absolute Gasteiger partial charge is 0.332 e. The van der Waals surface area contributed by atoms with Gasteiger partial charge in [0.2, 0.25) is 4.75 Å². The Kier molecular flexibility index (Phi) is 7.72. The van der Waals surface area contributed by atoms with Crippen molar-refractivity contribution in [3.8, 4) is 0 Å². The SMILES string of the molecule is CCCCCCCCCC(C(=O)O)(c1ccccc1)S(=O)(=O)O. The molecule has 6 heteroatoms. The molecule has 1 atom stereocenters. The molecule has 2 N–H and O–H groups in total. The van der Waals surface area contributed by atoms with E-state index < -0.39 is 20.8 Å². The van der Waals surface area contributed by atoms with Crippen LogP contribution in [0.5, 0.6) is 0 Å². The molecule has 5 nitrogen and oxygen atoms in total. The van der Waals surface area contributed by atoms with Crippen LogP contribution in [-0.4, -0.2) is 24.0 Å². The number of unbranched alkanes of at least 4 members (excludes halogenated alkanes) is 6. The maximum atomic E-state index is 11.9. The van der Waals surface area contributed by atoms with Gasteiger partial charge in [0.1, 0.15) is 0 Å². The summed E-state index contributed by atoms with van der Waals surface area (Å²) in [6.07, 6.45) is 6.53. The van der Waals surface area contributed by atoms with Crippen LogP contribution in [0.2, 0.25) is 0 Å². The molecule has 0 heterocycles. The van der Waals surface area contributed by atoms with Crippen LogP contribution in [0.3, 0.4) is 0 Å². The molecule has 0 saturated heterocycles. The maximum absolute atomic E-state index is 11.9. The first-order valence-electron chi connectivity index (χ1n) is 8.12. The number of hydrogen-bond donors (Lipinski definition) is 2. The predicted molar refractivity (Wildman–Crippen MR) is 89.9 cm³/mol. The zero-order chi connectivity index (χ0) is 17.3. The van der Waals surface area contributed by atoms with Gasteiger partial charge in [-0.15, -0.1) is 0 Å². The highest BCUT2D eigenvalue weighted by molar-refractivity contribution is 7.87. The minimum absolute atomic E-state index is 0.0981. The Balaban J connectivity index is 2.84. The summed E-state index contributed by atoms with van der Waals surface area (Å²) in [6, 6.07) is 7.69. The largest absolute Gasteiger partial charge is 0.480 e. The Hall–Kier alpha value is -1.40. The van der Waals surface area contributed by atoms with Gasteiger partial charge in [0, 0.05) is 0 Å². The van der Waals surface area contributed by atoms with Gasteiger partial charge in [-0.05, 0) is 12.0 Å². The first kappa shape index (κ1) is 19.6. The summed E-state index contributed by atoms with van der Waals surface area (Å²) in [4.78, 5) is 11.7. The lowest BCUT2D eigenvalue weighted by molar-refractivity contribution is -0.140. The van der Waals surface area contributed by atoms with Gasteiger partial charge < -0.3 is 5.11 Å². The second-order valence-electron chi connectivity index (χ2n) is 5.84. The van der Waals surface area contributed by atoms with Gasteiger partial charge in [-0.3, -0.25) is 9.35 Å². The number of hydrogen-bond acceptors (Lipinski definition) is 3. The molecule has 1 aromatic rings. The van der Waals surface area contributed by atoms with Gasteiger partial charge in [-0.1, -0.05) is 82.2 Å². The summed E-state index contributed by atoms with van der Waals surface area (Å²) in [5, 5.41) is 9.55. The molecule has 0 radical (unpaired) electrons. The lowest BCUT2D eigenvalue weighted by Gasteiger charge is -2.26. The molecule has 0 saturated carbocycles. The number of benzene rings is 1. The molecule has 1 unspecified atom stereocenters. The van der Waals surface area contributed by atoms with E-state index in [0.29, 0.717) is 6.42 Å². The predicted octanol–water partition coefficient (Wildman–Crippen LogP) is 4.00. The van der Waals surface area contributed by atoms with Gasteiger partial charge in [-0.2, -0.15) is 8.42 Å². The molecule has 0 fully saturated rings. The highest BCUT2D eigenvalue weighted by Crippen LogP contribution is 2.36.